The highest BCUT2D eigenvalue weighted by atomic mass is 79.9. The summed E-state index contributed by atoms with van der Waals surface area (Å²) < 4.78 is 6.33. The molecule has 0 aliphatic carbocycles. The van der Waals surface area contributed by atoms with Gasteiger partial charge in [0, 0.05) is 43.3 Å². The summed E-state index contributed by atoms with van der Waals surface area (Å²) in [6.07, 6.45) is 0. The number of methoxy groups -OCH3 is 1. The molecule has 3 rings (SSSR count). The lowest BCUT2D eigenvalue weighted by molar-refractivity contribution is -0.132. The lowest BCUT2D eigenvalue weighted by Crippen LogP contribution is -2.51. The standard InChI is InChI=1S/C19H24BrN3O2S/c1-21(13-17-7-8-18(20)26-17)14-19(24)23-11-9-22(10-12-23)15-3-5-16(25-2)6-4-15/h3-8H,9-14H2,1-2H3. The molecule has 5 nitrogen and oxygen atoms in total. The molecule has 140 valence electrons. The Morgan fingerprint density at radius 2 is 1.85 bits per heavy atom. The minimum absolute atomic E-state index is 0.206. The van der Waals surface area contributed by atoms with Crippen molar-refractivity contribution in [1.29, 1.82) is 0 Å². The number of rotatable bonds is 6. The molecule has 0 radical (unpaired) electrons. The van der Waals surface area contributed by atoms with Crippen LogP contribution in [0, 0.1) is 0 Å². The van der Waals surface area contributed by atoms with E-state index in [0.29, 0.717) is 6.54 Å². The van der Waals surface area contributed by atoms with Gasteiger partial charge in [0.15, 0.2) is 0 Å². The van der Waals surface area contributed by atoms with Gasteiger partial charge >= 0.3 is 0 Å². The Morgan fingerprint density at radius 3 is 2.42 bits per heavy atom. The van der Waals surface area contributed by atoms with Crippen LogP contribution in [0.2, 0.25) is 0 Å². The summed E-state index contributed by atoms with van der Waals surface area (Å²) >= 11 is 5.20. The first kappa shape index (κ1) is 19.2. The number of piperazine rings is 1. The van der Waals surface area contributed by atoms with Crippen LogP contribution in [0.3, 0.4) is 0 Å². The van der Waals surface area contributed by atoms with Crippen molar-refractivity contribution < 1.29 is 9.53 Å². The molecule has 26 heavy (non-hydrogen) atoms. The molecule has 0 saturated carbocycles. The maximum Gasteiger partial charge on any atom is 0.236 e. The second-order valence-corrected chi connectivity index (χ2v) is 8.99. The van der Waals surface area contributed by atoms with Gasteiger partial charge in [-0.3, -0.25) is 9.69 Å². The van der Waals surface area contributed by atoms with Crippen LogP contribution >= 0.6 is 27.3 Å². The van der Waals surface area contributed by atoms with Gasteiger partial charge in [0.1, 0.15) is 5.75 Å². The van der Waals surface area contributed by atoms with Crippen LogP contribution in [-0.4, -0.2) is 62.6 Å². The largest absolute Gasteiger partial charge is 0.497 e. The van der Waals surface area contributed by atoms with E-state index in [4.69, 9.17) is 4.74 Å². The lowest BCUT2D eigenvalue weighted by atomic mass is 10.2. The van der Waals surface area contributed by atoms with Gasteiger partial charge < -0.3 is 14.5 Å². The van der Waals surface area contributed by atoms with Crippen LogP contribution in [0.1, 0.15) is 4.88 Å². The van der Waals surface area contributed by atoms with E-state index in [1.807, 2.05) is 30.1 Å². The first-order valence-electron chi connectivity index (χ1n) is 8.64. The van der Waals surface area contributed by atoms with Crippen LogP contribution in [0.4, 0.5) is 5.69 Å². The number of amides is 1. The highest BCUT2D eigenvalue weighted by Gasteiger charge is 2.22. The first-order valence-corrected chi connectivity index (χ1v) is 10.3. The van der Waals surface area contributed by atoms with Crippen molar-refractivity contribution in [2.24, 2.45) is 0 Å². The molecule has 2 aromatic rings. The zero-order valence-electron chi connectivity index (χ0n) is 15.2. The summed E-state index contributed by atoms with van der Waals surface area (Å²) in [7, 11) is 3.67. The van der Waals surface area contributed by atoms with E-state index in [1.54, 1.807) is 18.4 Å². The average Bonchev–Trinajstić information content (AvgIpc) is 3.06. The van der Waals surface area contributed by atoms with Crippen LogP contribution in [-0.2, 0) is 11.3 Å². The van der Waals surface area contributed by atoms with Gasteiger partial charge in [-0.25, -0.2) is 0 Å². The number of carbonyl (C=O) groups is 1. The third kappa shape index (κ3) is 4.99. The molecule has 1 aliphatic heterocycles. The minimum atomic E-state index is 0.206. The van der Waals surface area contributed by atoms with Crippen molar-refractivity contribution in [3.8, 4) is 5.75 Å². The van der Waals surface area contributed by atoms with Crippen molar-refractivity contribution in [3.63, 3.8) is 0 Å². The van der Waals surface area contributed by atoms with Crippen molar-refractivity contribution in [3.05, 3.63) is 45.1 Å². The van der Waals surface area contributed by atoms with E-state index < -0.39 is 0 Å². The molecule has 0 N–H and O–H groups in total. The number of thiophene rings is 1. The van der Waals surface area contributed by atoms with E-state index in [0.717, 1.165) is 42.3 Å². The van der Waals surface area contributed by atoms with E-state index in [2.05, 4.69) is 43.9 Å². The number of ether oxygens (including phenoxy) is 1. The fraction of sp³-hybridized carbons (Fsp3) is 0.421. The summed E-state index contributed by atoms with van der Waals surface area (Å²) in [6.45, 7) is 4.51. The number of halogens is 1. The number of anilines is 1. The molecule has 7 heteroatoms. The smallest absolute Gasteiger partial charge is 0.236 e. The Labute approximate surface area is 167 Å². The van der Waals surface area contributed by atoms with Gasteiger partial charge in [-0.1, -0.05) is 0 Å². The Balaban J connectivity index is 1.46. The van der Waals surface area contributed by atoms with E-state index in [9.17, 15) is 4.79 Å². The van der Waals surface area contributed by atoms with E-state index in [1.165, 1.54) is 10.6 Å². The van der Waals surface area contributed by atoms with Crippen LogP contribution < -0.4 is 9.64 Å². The second-order valence-electron chi connectivity index (χ2n) is 6.44. The topological polar surface area (TPSA) is 36.0 Å². The normalized spacial score (nSPS) is 14.8. The third-order valence-corrected chi connectivity index (χ3v) is 6.14. The Morgan fingerprint density at radius 1 is 1.15 bits per heavy atom. The molecular weight excluding hydrogens is 414 g/mol. The number of nitrogens with zero attached hydrogens (tertiary/aromatic N) is 3. The molecule has 0 bridgehead atoms. The molecule has 0 unspecified atom stereocenters. The molecule has 0 spiro atoms. The summed E-state index contributed by atoms with van der Waals surface area (Å²) in [5.74, 6) is 1.07. The summed E-state index contributed by atoms with van der Waals surface area (Å²) in [4.78, 5) is 20.2. The molecule has 1 aromatic carbocycles. The van der Waals surface area contributed by atoms with E-state index >= 15 is 0 Å². The van der Waals surface area contributed by atoms with Gasteiger partial charge in [0.05, 0.1) is 17.4 Å². The predicted molar refractivity (Wildman–Crippen MR) is 110 cm³/mol. The maximum atomic E-state index is 12.6. The van der Waals surface area contributed by atoms with Gasteiger partial charge in [0.2, 0.25) is 5.91 Å². The fourth-order valence-electron chi connectivity index (χ4n) is 3.10. The molecule has 1 amide bonds. The third-order valence-electron chi connectivity index (χ3n) is 4.53. The zero-order valence-corrected chi connectivity index (χ0v) is 17.6. The SMILES string of the molecule is COc1ccc(N2CCN(C(=O)CN(C)Cc3ccc(Br)s3)CC2)cc1. The number of carbonyl (C=O) groups excluding carboxylic acids is 1. The van der Waals surface area contributed by atoms with Crippen molar-refractivity contribution in [2.75, 3.05) is 51.8 Å². The Hall–Kier alpha value is -1.57. The van der Waals surface area contributed by atoms with Crippen LogP contribution in [0.5, 0.6) is 5.75 Å². The Bertz CT molecular complexity index is 727. The highest BCUT2D eigenvalue weighted by Crippen LogP contribution is 2.23. The molecular formula is C19H24BrN3O2S. The van der Waals surface area contributed by atoms with Crippen molar-refractivity contribution >= 4 is 38.9 Å². The zero-order chi connectivity index (χ0) is 18.5. The first-order chi connectivity index (χ1) is 12.5. The van der Waals surface area contributed by atoms with Crippen molar-refractivity contribution in [1.82, 2.24) is 9.80 Å². The lowest BCUT2D eigenvalue weighted by Gasteiger charge is -2.36. The molecule has 1 aliphatic rings. The molecule has 0 atom stereocenters. The number of benzene rings is 1. The molecule has 1 aromatic heterocycles. The minimum Gasteiger partial charge on any atom is -0.497 e. The monoisotopic (exact) mass is 437 g/mol. The van der Waals surface area contributed by atoms with Gasteiger partial charge in [0.25, 0.3) is 0 Å². The van der Waals surface area contributed by atoms with Gasteiger partial charge in [-0.15, -0.1) is 11.3 Å². The van der Waals surface area contributed by atoms with Crippen LogP contribution in [0.25, 0.3) is 0 Å². The average molecular weight is 438 g/mol. The number of likely N-dealkylation sites (N-methyl/N-ethyl adjacent to an activating group) is 1. The maximum absolute atomic E-state index is 12.6. The van der Waals surface area contributed by atoms with Crippen molar-refractivity contribution in [2.45, 2.75) is 6.54 Å². The quantitative estimate of drug-likeness (QED) is 0.694. The Kier molecular flexibility index (Phi) is 6.56. The molecule has 2 heterocycles. The molecule has 1 fully saturated rings. The highest BCUT2D eigenvalue weighted by molar-refractivity contribution is 9.11. The molecule has 1 saturated heterocycles. The summed E-state index contributed by atoms with van der Waals surface area (Å²) in [5, 5.41) is 0. The summed E-state index contributed by atoms with van der Waals surface area (Å²) in [6, 6.07) is 12.2. The van der Waals surface area contributed by atoms with Gasteiger partial charge in [-0.2, -0.15) is 0 Å². The number of hydrogen-bond acceptors (Lipinski definition) is 5. The fourth-order valence-corrected chi connectivity index (χ4v) is 4.66. The predicted octanol–water partition coefficient (Wildman–Crippen LogP) is 3.30. The number of hydrogen-bond donors (Lipinski definition) is 0. The second kappa shape index (κ2) is 8.88. The van der Waals surface area contributed by atoms with Gasteiger partial charge in [-0.05, 0) is 59.4 Å². The van der Waals surface area contributed by atoms with E-state index in [-0.39, 0.29) is 5.91 Å². The summed E-state index contributed by atoms with van der Waals surface area (Å²) in [5.41, 5.74) is 1.18. The van der Waals surface area contributed by atoms with Crippen LogP contribution in [0.15, 0.2) is 40.2 Å².